The summed E-state index contributed by atoms with van der Waals surface area (Å²) in [6, 6.07) is 14.6. The van der Waals surface area contributed by atoms with Crippen LogP contribution in [0.5, 0.6) is 0 Å². The molecule has 0 heterocycles. The fraction of sp³-hybridized carbons (Fsp3) is 0.0769. The van der Waals surface area contributed by atoms with Crippen molar-refractivity contribution in [1.29, 1.82) is 5.39 Å². The van der Waals surface area contributed by atoms with Gasteiger partial charge in [-0.1, -0.05) is 18.2 Å². The summed E-state index contributed by atoms with van der Waals surface area (Å²) in [4.78, 5) is 3.07. The maximum atomic E-state index is 8.63. The highest BCUT2D eigenvalue weighted by Gasteiger charge is 2.01. The van der Waals surface area contributed by atoms with Crippen LogP contribution >= 0.6 is 0 Å². The molecule has 0 aromatic heterocycles. The molecule has 0 amide bonds. The Morgan fingerprint density at radius 1 is 1.09 bits per heavy atom. The standard InChI is InChI=1S/C13H11N4.H2O4S/c1-10-4-2-3-5-13(10)17-16-12-8-6-11(15-14)7-9-12;1-5(2,3)4/h2-9H,1H3;(H2,1,2,3,4)/q+1;/p-1. The third kappa shape index (κ3) is 7.20. The Morgan fingerprint density at radius 2 is 1.64 bits per heavy atom. The van der Waals surface area contributed by atoms with Crippen LogP contribution in [0.3, 0.4) is 0 Å². The lowest BCUT2D eigenvalue weighted by Gasteiger charge is -1.96. The number of diazo groups is 1. The van der Waals surface area contributed by atoms with Gasteiger partial charge in [0.1, 0.15) is 0 Å². The van der Waals surface area contributed by atoms with Gasteiger partial charge < -0.3 is 4.55 Å². The predicted octanol–water partition coefficient (Wildman–Crippen LogP) is 3.90. The molecule has 8 nitrogen and oxygen atoms in total. The lowest BCUT2D eigenvalue weighted by molar-refractivity contribution is 0.366. The molecular weight excluding hydrogens is 308 g/mol. The van der Waals surface area contributed by atoms with Gasteiger partial charge in [0.2, 0.25) is 15.8 Å². The largest absolute Gasteiger partial charge is 0.726 e. The number of rotatable bonds is 2. The normalized spacial score (nSPS) is 10.6. The number of nitrogens with zero attached hydrogens (tertiary/aromatic N) is 4. The van der Waals surface area contributed by atoms with E-state index >= 15 is 0 Å². The Bertz CT molecular complexity index is 788. The molecule has 0 saturated heterocycles. The van der Waals surface area contributed by atoms with Gasteiger partial charge in [0.25, 0.3) is 0 Å². The first-order chi connectivity index (χ1) is 10.3. The second-order valence-electron chi connectivity index (χ2n) is 4.03. The van der Waals surface area contributed by atoms with Crippen LogP contribution in [0, 0.1) is 12.3 Å². The Labute approximate surface area is 127 Å². The minimum Gasteiger partial charge on any atom is -0.726 e. The fourth-order valence-corrected chi connectivity index (χ4v) is 1.37. The van der Waals surface area contributed by atoms with Crippen molar-refractivity contribution in [3.05, 3.63) is 59.1 Å². The summed E-state index contributed by atoms with van der Waals surface area (Å²) in [6.45, 7) is 1.99. The maximum Gasteiger partial charge on any atom is 0.385 e. The van der Waals surface area contributed by atoms with Gasteiger partial charge in [0.05, 0.1) is 11.4 Å². The van der Waals surface area contributed by atoms with Crippen LogP contribution in [-0.4, -0.2) is 17.5 Å². The van der Waals surface area contributed by atoms with Crippen LogP contribution in [0.1, 0.15) is 5.56 Å². The second kappa shape index (κ2) is 7.94. The highest BCUT2D eigenvalue weighted by atomic mass is 32.3. The van der Waals surface area contributed by atoms with Crippen molar-refractivity contribution < 1.29 is 17.5 Å². The van der Waals surface area contributed by atoms with Gasteiger partial charge in [0, 0.05) is 12.1 Å². The average Bonchev–Trinajstić information content (AvgIpc) is 2.45. The number of aryl methyl sites for hydroxylation is 1. The molecule has 0 bridgehead atoms. The number of benzene rings is 2. The molecule has 114 valence electrons. The summed E-state index contributed by atoms with van der Waals surface area (Å²) in [6.07, 6.45) is 0. The maximum absolute atomic E-state index is 8.63. The van der Waals surface area contributed by atoms with Crippen LogP contribution < -0.4 is 0 Å². The predicted molar refractivity (Wildman–Crippen MR) is 78.9 cm³/mol. The van der Waals surface area contributed by atoms with Crippen LogP contribution in [0.2, 0.25) is 0 Å². The fourth-order valence-electron chi connectivity index (χ4n) is 1.37. The van der Waals surface area contributed by atoms with Gasteiger partial charge in [-0.3, -0.25) is 4.55 Å². The summed E-state index contributed by atoms with van der Waals surface area (Å²) >= 11 is 0. The summed E-state index contributed by atoms with van der Waals surface area (Å²) in [5, 5.41) is 16.8. The average molecular weight is 320 g/mol. The lowest BCUT2D eigenvalue weighted by Crippen LogP contribution is -1.90. The van der Waals surface area contributed by atoms with Crippen LogP contribution in [-0.2, 0) is 10.4 Å². The molecule has 0 atom stereocenters. The van der Waals surface area contributed by atoms with E-state index in [4.69, 9.17) is 22.9 Å². The first-order valence-electron chi connectivity index (χ1n) is 5.90. The van der Waals surface area contributed by atoms with Gasteiger partial charge in [-0.2, -0.15) is 10.2 Å². The van der Waals surface area contributed by atoms with E-state index in [9.17, 15) is 0 Å². The number of hydrogen-bond acceptors (Lipinski definition) is 6. The number of azo groups is 1. The van der Waals surface area contributed by atoms with Crippen LogP contribution in [0.25, 0.3) is 4.98 Å². The topological polar surface area (TPSA) is 130 Å². The Morgan fingerprint density at radius 3 is 2.14 bits per heavy atom. The molecule has 1 N–H and O–H groups in total. The van der Waals surface area contributed by atoms with Crippen molar-refractivity contribution in [2.75, 3.05) is 0 Å². The quantitative estimate of drug-likeness (QED) is 0.388. The molecule has 0 aliphatic rings. The minimum absolute atomic E-state index is 0.500. The smallest absolute Gasteiger partial charge is 0.385 e. The Kier molecular flexibility index (Phi) is 6.27. The summed E-state index contributed by atoms with van der Waals surface area (Å²) in [7, 11) is -4.92. The van der Waals surface area contributed by atoms with Gasteiger partial charge in [-0.05, 0) is 30.7 Å². The Balaban J connectivity index is 0.000000422. The Hall–Kier alpha value is -2.67. The minimum atomic E-state index is -4.92. The van der Waals surface area contributed by atoms with Crippen LogP contribution in [0.15, 0.2) is 58.8 Å². The van der Waals surface area contributed by atoms with Gasteiger partial charge >= 0.3 is 5.69 Å². The van der Waals surface area contributed by atoms with Crippen molar-refractivity contribution in [3.63, 3.8) is 0 Å². The molecule has 2 aromatic carbocycles. The summed E-state index contributed by atoms with van der Waals surface area (Å²) in [5.74, 6) is 0. The van der Waals surface area contributed by atoms with E-state index in [1.807, 2.05) is 31.2 Å². The van der Waals surface area contributed by atoms with Crippen molar-refractivity contribution in [3.8, 4) is 0 Å². The third-order valence-corrected chi connectivity index (χ3v) is 2.35. The molecule has 9 heteroatoms. The van der Waals surface area contributed by atoms with E-state index in [0.717, 1.165) is 16.9 Å². The first-order valence-corrected chi connectivity index (χ1v) is 7.27. The highest BCUT2D eigenvalue weighted by Crippen LogP contribution is 2.23. The van der Waals surface area contributed by atoms with Gasteiger partial charge in [0.15, 0.2) is 4.98 Å². The molecule has 0 fully saturated rings. The molecule has 2 aromatic rings. The second-order valence-corrected chi connectivity index (χ2v) is 4.89. The van der Waals surface area contributed by atoms with Crippen molar-refractivity contribution >= 4 is 27.5 Å². The molecule has 0 saturated carbocycles. The SMILES string of the molecule is Cc1ccccc1N=Nc1ccc([N+]#N)cc1.O=S(=O)([O-])O. The molecule has 2 rings (SSSR count). The van der Waals surface area contributed by atoms with E-state index in [-0.39, 0.29) is 0 Å². The van der Waals surface area contributed by atoms with E-state index in [1.165, 1.54) is 0 Å². The summed E-state index contributed by atoms with van der Waals surface area (Å²) in [5.41, 5.74) is 3.15. The van der Waals surface area contributed by atoms with E-state index in [1.54, 1.807) is 24.3 Å². The molecular formula is C13H12N4O4S. The highest BCUT2D eigenvalue weighted by molar-refractivity contribution is 7.79. The zero-order valence-electron chi connectivity index (χ0n) is 11.5. The van der Waals surface area contributed by atoms with E-state index in [2.05, 4.69) is 15.2 Å². The number of hydrogen-bond donors (Lipinski definition) is 1. The van der Waals surface area contributed by atoms with Crippen molar-refractivity contribution in [1.82, 2.24) is 0 Å². The summed E-state index contributed by atoms with van der Waals surface area (Å²) < 4.78 is 32.8. The van der Waals surface area contributed by atoms with Crippen molar-refractivity contribution in [2.45, 2.75) is 6.92 Å². The molecule has 0 radical (unpaired) electrons. The molecule has 0 spiro atoms. The van der Waals surface area contributed by atoms with Crippen molar-refractivity contribution in [2.24, 2.45) is 10.2 Å². The van der Waals surface area contributed by atoms with E-state index in [0.29, 0.717) is 5.69 Å². The molecule has 0 aliphatic carbocycles. The zero-order chi connectivity index (χ0) is 16.6. The third-order valence-electron chi connectivity index (χ3n) is 2.35. The van der Waals surface area contributed by atoms with E-state index < -0.39 is 10.4 Å². The molecule has 22 heavy (non-hydrogen) atoms. The molecule has 0 unspecified atom stereocenters. The zero-order valence-corrected chi connectivity index (χ0v) is 12.3. The monoisotopic (exact) mass is 320 g/mol. The lowest BCUT2D eigenvalue weighted by atomic mass is 10.2. The van der Waals surface area contributed by atoms with Crippen LogP contribution in [0.4, 0.5) is 17.1 Å². The van der Waals surface area contributed by atoms with Gasteiger partial charge in [-0.25, -0.2) is 8.42 Å². The first kappa shape index (κ1) is 17.4. The molecule has 0 aliphatic heterocycles. The van der Waals surface area contributed by atoms with Gasteiger partial charge in [-0.15, -0.1) is 0 Å².